The highest BCUT2D eigenvalue weighted by Crippen LogP contribution is 2.09. The van der Waals surface area contributed by atoms with Crippen LogP contribution in [0.4, 0.5) is 4.32 Å². The van der Waals surface area contributed by atoms with Crippen LogP contribution in [0.15, 0.2) is 0 Å². The Morgan fingerprint density at radius 3 is 2.45 bits per heavy atom. The molecule has 1 rings (SSSR count). The predicted molar refractivity (Wildman–Crippen MR) is 43.3 cm³/mol. The second-order valence-corrected chi connectivity index (χ2v) is 3.13. The van der Waals surface area contributed by atoms with E-state index in [0.29, 0.717) is 14.0 Å². The second-order valence-electron chi connectivity index (χ2n) is 3.13. The number of rotatable bonds is 2. The van der Waals surface area contributed by atoms with Gasteiger partial charge in [-0.3, -0.25) is 0 Å². The van der Waals surface area contributed by atoms with Crippen molar-refractivity contribution in [3.63, 3.8) is 0 Å². The average molecular weight is 158 g/mol. The summed E-state index contributed by atoms with van der Waals surface area (Å²) in [5, 5.41) is 0. The van der Waals surface area contributed by atoms with Gasteiger partial charge in [0.2, 0.25) is 0 Å². The van der Waals surface area contributed by atoms with Crippen LogP contribution in [0.3, 0.4) is 0 Å². The molecule has 4 heteroatoms. The molecule has 0 saturated carbocycles. The summed E-state index contributed by atoms with van der Waals surface area (Å²) in [7, 11) is 0.699. The molecule has 0 aliphatic carbocycles. The van der Waals surface area contributed by atoms with Crippen LogP contribution in [0.25, 0.3) is 0 Å². The molecule has 0 N–H and O–H groups in total. The smallest absolute Gasteiger partial charge is 0.369 e. The van der Waals surface area contributed by atoms with Crippen LogP contribution >= 0.6 is 0 Å². The molecule has 0 aromatic rings. The lowest BCUT2D eigenvalue weighted by Gasteiger charge is -2.34. The van der Waals surface area contributed by atoms with Crippen molar-refractivity contribution in [1.29, 1.82) is 0 Å². The van der Waals surface area contributed by atoms with Crippen molar-refractivity contribution in [1.82, 2.24) is 4.90 Å². The van der Waals surface area contributed by atoms with Crippen LogP contribution in [0.5, 0.6) is 0 Å². The van der Waals surface area contributed by atoms with Gasteiger partial charge in [-0.2, -0.15) is 0 Å². The van der Waals surface area contributed by atoms with E-state index in [9.17, 15) is 4.32 Å². The molecule has 0 bridgehead atoms. The minimum absolute atomic E-state index is 0.235. The zero-order valence-corrected chi connectivity index (χ0v) is 7.09. The van der Waals surface area contributed by atoms with E-state index >= 15 is 0 Å². The summed E-state index contributed by atoms with van der Waals surface area (Å²) < 4.78 is 17.3. The second kappa shape index (κ2) is 4.07. The molecule has 0 unspecified atom stereocenters. The highest BCUT2D eigenvalue weighted by molar-refractivity contribution is 6.26. The number of hydrogen-bond acceptors (Lipinski definition) is 2. The van der Waals surface area contributed by atoms with Crippen molar-refractivity contribution in [2.45, 2.75) is 26.1 Å². The van der Waals surface area contributed by atoms with Gasteiger partial charge in [0.1, 0.15) is 0 Å². The van der Waals surface area contributed by atoms with E-state index in [-0.39, 0.29) is 12.2 Å². The van der Waals surface area contributed by atoms with Gasteiger partial charge in [-0.15, -0.1) is 0 Å². The lowest BCUT2D eigenvalue weighted by molar-refractivity contribution is -0.0631. The van der Waals surface area contributed by atoms with E-state index in [2.05, 4.69) is 4.90 Å². The van der Waals surface area contributed by atoms with Gasteiger partial charge in [0.25, 0.3) is 0 Å². The first-order valence-electron chi connectivity index (χ1n) is 4.02. The zero-order chi connectivity index (χ0) is 8.27. The molecule has 2 atom stereocenters. The lowest BCUT2D eigenvalue weighted by Crippen LogP contribution is -2.46. The molecule has 0 aromatic heterocycles. The van der Waals surface area contributed by atoms with Gasteiger partial charge in [0, 0.05) is 19.5 Å². The van der Waals surface area contributed by atoms with Crippen LogP contribution in [-0.4, -0.2) is 44.2 Å². The summed E-state index contributed by atoms with van der Waals surface area (Å²) in [4.78, 5) is 2.05. The van der Waals surface area contributed by atoms with Crippen molar-refractivity contribution in [3.05, 3.63) is 0 Å². The van der Waals surface area contributed by atoms with E-state index in [0.717, 1.165) is 13.1 Å². The van der Waals surface area contributed by atoms with Crippen molar-refractivity contribution >= 4 is 7.56 Å². The van der Waals surface area contributed by atoms with Crippen LogP contribution in [-0.2, 0) is 4.74 Å². The van der Waals surface area contributed by atoms with Gasteiger partial charge in [-0.25, -0.2) is 0 Å². The Hall–Kier alpha value is -0.0851. The Morgan fingerprint density at radius 2 is 2.00 bits per heavy atom. The maximum absolute atomic E-state index is 11.8. The van der Waals surface area contributed by atoms with Gasteiger partial charge in [0.05, 0.1) is 12.2 Å². The number of ether oxygens (including phenoxy) is 1. The fraction of sp³-hybridized carbons (Fsp3) is 1.00. The molecule has 0 spiro atoms. The molecule has 63 valence electrons. The van der Waals surface area contributed by atoms with Gasteiger partial charge < -0.3 is 14.0 Å². The molecule has 1 aliphatic heterocycles. The van der Waals surface area contributed by atoms with Crippen LogP contribution in [0.1, 0.15) is 13.8 Å². The molecule has 1 heterocycles. The van der Waals surface area contributed by atoms with E-state index in [1.807, 2.05) is 13.8 Å². The zero-order valence-electron chi connectivity index (χ0n) is 7.09. The maximum atomic E-state index is 11.8. The molecule has 2 nitrogen and oxygen atoms in total. The SMILES string of the molecule is C[C@@H]1CN(C[B]F)C[C@H](C)O1. The third-order valence-corrected chi connectivity index (χ3v) is 1.82. The maximum Gasteiger partial charge on any atom is 0.369 e. The molecule has 11 heavy (non-hydrogen) atoms. The third kappa shape index (κ3) is 2.79. The molecule has 1 radical (unpaired) electrons. The van der Waals surface area contributed by atoms with Crippen molar-refractivity contribution in [2.24, 2.45) is 0 Å². The van der Waals surface area contributed by atoms with E-state index in [1.54, 1.807) is 0 Å². The van der Waals surface area contributed by atoms with Crippen LogP contribution in [0.2, 0.25) is 0 Å². The Bertz CT molecular complexity index is 115. The van der Waals surface area contributed by atoms with E-state index in [4.69, 9.17) is 4.74 Å². The predicted octanol–water partition coefficient (Wildman–Crippen LogP) is 0.642. The molecule has 0 amide bonds. The Kier molecular flexibility index (Phi) is 3.33. The fourth-order valence-corrected chi connectivity index (χ4v) is 1.53. The largest absolute Gasteiger partial charge is 0.373 e. The minimum atomic E-state index is 0.235. The number of halogens is 1. The first-order valence-corrected chi connectivity index (χ1v) is 4.02. The van der Waals surface area contributed by atoms with Crippen molar-refractivity contribution in [2.75, 3.05) is 19.5 Å². The Balaban J connectivity index is 2.30. The van der Waals surface area contributed by atoms with Gasteiger partial charge in [0.15, 0.2) is 0 Å². The number of morpholine rings is 1. The molecular formula is C7H14BFNO. The first kappa shape index (κ1) is 9.01. The monoisotopic (exact) mass is 158 g/mol. The van der Waals surface area contributed by atoms with Gasteiger partial charge in [-0.05, 0) is 13.8 Å². The van der Waals surface area contributed by atoms with Gasteiger partial charge in [-0.1, -0.05) is 0 Å². The fourth-order valence-electron chi connectivity index (χ4n) is 1.53. The molecule has 1 fully saturated rings. The number of nitrogens with zero attached hydrogens (tertiary/aromatic N) is 1. The summed E-state index contributed by atoms with van der Waals surface area (Å²) in [6.07, 6.45) is 0.898. The molecule has 1 saturated heterocycles. The molecular weight excluding hydrogens is 144 g/mol. The van der Waals surface area contributed by atoms with Crippen molar-refractivity contribution in [3.8, 4) is 0 Å². The summed E-state index contributed by atoms with van der Waals surface area (Å²) >= 11 is 0. The van der Waals surface area contributed by atoms with E-state index in [1.165, 1.54) is 0 Å². The number of hydrogen-bond donors (Lipinski definition) is 0. The summed E-state index contributed by atoms with van der Waals surface area (Å²) in [6.45, 7) is 5.71. The molecule has 1 aliphatic rings. The van der Waals surface area contributed by atoms with Crippen molar-refractivity contribution < 1.29 is 9.05 Å². The first-order chi connectivity index (χ1) is 5.22. The normalized spacial score (nSPS) is 33.7. The Morgan fingerprint density at radius 1 is 1.45 bits per heavy atom. The minimum Gasteiger partial charge on any atom is -0.373 e. The standard InChI is InChI=1S/C7H14BFNO/c1-6-3-10(5-8-9)4-7(2)11-6/h6-7H,3-5H2,1-2H3/t6-,7+. The highest BCUT2D eigenvalue weighted by Gasteiger charge is 2.21. The molecule has 0 aromatic carbocycles. The summed E-state index contributed by atoms with van der Waals surface area (Å²) in [6, 6.07) is 0. The highest BCUT2D eigenvalue weighted by atomic mass is 19.1. The lowest BCUT2D eigenvalue weighted by atomic mass is 10.0. The third-order valence-electron chi connectivity index (χ3n) is 1.82. The summed E-state index contributed by atoms with van der Waals surface area (Å²) in [5.41, 5.74) is 0. The quantitative estimate of drug-likeness (QED) is 0.547. The average Bonchev–Trinajstić information content (AvgIpc) is 1.85. The summed E-state index contributed by atoms with van der Waals surface area (Å²) in [5.74, 6) is 0. The van der Waals surface area contributed by atoms with Crippen LogP contribution in [0, 0.1) is 0 Å². The van der Waals surface area contributed by atoms with Crippen LogP contribution < -0.4 is 0 Å². The van der Waals surface area contributed by atoms with Gasteiger partial charge >= 0.3 is 7.56 Å². The van der Waals surface area contributed by atoms with E-state index < -0.39 is 0 Å². The Labute approximate surface area is 68.0 Å². The topological polar surface area (TPSA) is 12.5 Å².